The van der Waals surface area contributed by atoms with E-state index in [2.05, 4.69) is 0 Å². The van der Waals surface area contributed by atoms with Crippen molar-refractivity contribution in [3.05, 3.63) is 0 Å². The molecule has 1 saturated carbocycles. The Morgan fingerprint density at radius 1 is 1.00 bits per heavy atom. The number of hydrogen-bond donors (Lipinski definition) is 1. The Hall–Kier alpha value is -0.250. The fraction of sp³-hybridized carbons (Fsp3) is 1.00. The summed E-state index contributed by atoms with van der Waals surface area (Å²) in [4.78, 5) is 0. The van der Waals surface area contributed by atoms with Crippen LogP contribution in [-0.4, -0.2) is 17.4 Å². The van der Waals surface area contributed by atoms with Crippen LogP contribution in [0, 0.1) is 5.92 Å². The quantitative estimate of drug-likeness (QED) is 0.587. The maximum absolute atomic E-state index is 12.0. The third-order valence-electron chi connectivity index (χ3n) is 2.16. The van der Waals surface area contributed by atoms with Gasteiger partial charge in [0.25, 0.3) is 0 Å². The standard InChI is InChI=1S/C7H11F3O/c8-7(9,10)5-1-3-6(11)4-2-5/h5-6,11H,1-4H2/t5-,6+. The SMILES string of the molecule is O[C@H]1CC[C@@H](C(F)(F)F)CC1. The van der Waals surface area contributed by atoms with Gasteiger partial charge in [0.2, 0.25) is 0 Å². The first-order valence-corrected chi connectivity index (χ1v) is 3.75. The third-order valence-corrected chi connectivity index (χ3v) is 2.16. The maximum atomic E-state index is 12.0. The van der Waals surface area contributed by atoms with Gasteiger partial charge in [0.15, 0.2) is 0 Å². The van der Waals surface area contributed by atoms with E-state index in [-0.39, 0.29) is 12.8 Å². The van der Waals surface area contributed by atoms with Crippen molar-refractivity contribution in [1.29, 1.82) is 0 Å². The lowest BCUT2D eigenvalue weighted by atomic mass is 9.87. The summed E-state index contributed by atoms with van der Waals surface area (Å²) in [5.41, 5.74) is 0. The Morgan fingerprint density at radius 2 is 1.45 bits per heavy atom. The molecular formula is C7H11F3O. The molecule has 1 N–H and O–H groups in total. The lowest BCUT2D eigenvalue weighted by Crippen LogP contribution is -2.29. The number of hydrogen-bond acceptors (Lipinski definition) is 1. The second kappa shape index (κ2) is 3.01. The first kappa shape index (κ1) is 8.84. The summed E-state index contributed by atoms with van der Waals surface area (Å²) in [6, 6.07) is 0. The molecule has 1 fully saturated rings. The van der Waals surface area contributed by atoms with Gasteiger partial charge in [-0.15, -0.1) is 0 Å². The molecule has 0 aliphatic heterocycles. The molecule has 0 atom stereocenters. The van der Waals surface area contributed by atoms with E-state index >= 15 is 0 Å². The Balaban J connectivity index is 2.39. The van der Waals surface area contributed by atoms with Gasteiger partial charge in [0.05, 0.1) is 12.0 Å². The molecule has 0 unspecified atom stereocenters. The molecule has 0 spiro atoms. The van der Waals surface area contributed by atoms with Crippen LogP contribution in [0.2, 0.25) is 0 Å². The minimum absolute atomic E-state index is 0.0880. The number of aliphatic hydroxyl groups excluding tert-OH is 1. The fourth-order valence-electron chi connectivity index (χ4n) is 1.40. The van der Waals surface area contributed by atoms with Crippen molar-refractivity contribution in [2.24, 2.45) is 5.92 Å². The van der Waals surface area contributed by atoms with Gasteiger partial charge in [-0.25, -0.2) is 0 Å². The van der Waals surface area contributed by atoms with E-state index in [1.54, 1.807) is 0 Å². The number of alkyl halides is 3. The molecule has 0 amide bonds. The van der Waals surface area contributed by atoms with E-state index < -0.39 is 18.2 Å². The van der Waals surface area contributed by atoms with E-state index in [0.717, 1.165) is 0 Å². The molecule has 0 radical (unpaired) electrons. The summed E-state index contributed by atoms with van der Waals surface area (Å²) >= 11 is 0. The number of rotatable bonds is 0. The molecule has 4 heteroatoms. The highest BCUT2D eigenvalue weighted by Crippen LogP contribution is 2.37. The van der Waals surface area contributed by atoms with Gasteiger partial charge in [-0.2, -0.15) is 13.2 Å². The van der Waals surface area contributed by atoms with E-state index in [1.807, 2.05) is 0 Å². The van der Waals surface area contributed by atoms with Gasteiger partial charge >= 0.3 is 6.18 Å². The van der Waals surface area contributed by atoms with Crippen molar-refractivity contribution in [1.82, 2.24) is 0 Å². The smallest absolute Gasteiger partial charge is 0.391 e. The maximum Gasteiger partial charge on any atom is 0.391 e. The van der Waals surface area contributed by atoms with Crippen molar-refractivity contribution < 1.29 is 18.3 Å². The van der Waals surface area contributed by atoms with Gasteiger partial charge in [0.1, 0.15) is 0 Å². The summed E-state index contributed by atoms with van der Waals surface area (Å²) < 4.78 is 36.0. The number of aliphatic hydroxyl groups is 1. The van der Waals surface area contributed by atoms with E-state index in [1.165, 1.54) is 0 Å². The lowest BCUT2D eigenvalue weighted by molar-refractivity contribution is -0.185. The van der Waals surface area contributed by atoms with Crippen molar-refractivity contribution in [2.45, 2.75) is 38.0 Å². The van der Waals surface area contributed by atoms with Crippen molar-refractivity contribution in [3.8, 4) is 0 Å². The zero-order valence-corrected chi connectivity index (χ0v) is 6.06. The van der Waals surface area contributed by atoms with E-state index in [0.29, 0.717) is 12.8 Å². The van der Waals surface area contributed by atoms with Gasteiger partial charge in [-0.1, -0.05) is 0 Å². The van der Waals surface area contributed by atoms with Crippen molar-refractivity contribution >= 4 is 0 Å². The molecule has 1 aliphatic carbocycles. The molecule has 0 saturated heterocycles. The van der Waals surface area contributed by atoms with Crippen LogP contribution >= 0.6 is 0 Å². The van der Waals surface area contributed by atoms with Crippen LogP contribution in [0.4, 0.5) is 13.2 Å². The minimum Gasteiger partial charge on any atom is -0.393 e. The van der Waals surface area contributed by atoms with Gasteiger partial charge in [-0.05, 0) is 25.7 Å². The van der Waals surface area contributed by atoms with Crippen LogP contribution < -0.4 is 0 Å². The largest absolute Gasteiger partial charge is 0.393 e. The lowest BCUT2D eigenvalue weighted by Gasteiger charge is -2.26. The Kier molecular flexibility index (Phi) is 2.42. The highest BCUT2D eigenvalue weighted by Gasteiger charge is 2.40. The molecule has 0 aromatic rings. The van der Waals surface area contributed by atoms with Crippen LogP contribution in [0.1, 0.15) is 25.7 Å². The first-order valence-electron chi connectivity index (χ1n) is 3.75. The molecule has 11 heavy (non-hydrogen) atoms. The molecule has 0 bridgehead atoms. The normalized spacial score (nSPS) is 33.8. The van der Waals surface area contributed by atoms with E-state index in [9.17, 15) is 13.2 Å². The zero-order chi connectivity index (χ0) is 8.48. The first-order chi connectivity index (χ1) is 5.00. The fourth-order valence-corrected chi connectivity index (χ4v) is 1.40. The van der Waals surface area contributed by atoms with Crippen LogP contribution in [0.15, 0.2) is 0 Å². The predicted octanol–water partition coefficient (Wildman–Crippen LogP) is 2.10. The van der Waals surface area contributed by atoms with Crippen molar-refractivity contribution in [3.63, 3.8) is 0 Å². The Labute approximate surface area is 63.2 Å². The monoisotopic (exact) mass is 168 g/mol. The summed E-state index contributed by atoms with van der Waals surface area (Å²) in [5, 5.41) is 8.93. The highest BCUT2D eigenvalue weighted by atomic mass is 19.4. The third kappa shape index (κ3) is 2.36. The topological polar surface area (TPSA) is 20.2 Å². The van der Waals surface area contributed by atoms with Gasteiger partial charge in [0, 0.05) is 0 Å². The van der Waals surface area contributed by atoms with Gasteiger partial charge < -0.3 is 5.11 Å². The molecule has 0 aromatic heterocycles. The molecular weight excluding hydrogens is 157 g/mol. The highest BCUT2D eigenvalue weighted by molar-refractivity contribution is 4.76. The molecule has 0 aromatic carbocycles. The summed E-state index contributed by atoms with van der Waals surface area (Å²) in [6.45, 7) is 0. The van der Waals surface area contributed by atoms with Gasteiger partial charge in [-0.3, -0.25) is 0 Å². The predicted molar refractivity (Wildman–Crippen MR) is 34.0 cm³/mol. The van der Waals surface area contributed by atoms with E-state index in [4.69, 9.17) is 5.11 Å². The molecule has 1 nitrogen and oxygen atoms in total. The zero-order valence-electron chi connectivity index (χ0n) is 6.06. The summed E-state index contributed by atoms with van der Waals surface area (Å²) in [7, 11) is 0. The average molecular weight is 168 g/mol. The molecule has 1 rings (SSSR count). The van der Waals surface area contributed by atoms with Crippen LogP contribution in [0.3, 0.4) is 0 Å². The van der Waals surface area contributed by atoms with Crippen LogP contribution in [-0.2, 0) is 0 Å². The van der Waals surface area contributed by atoms with Crippen molar-refractivity contribution in [2.75, 3.05) is 0 Å². The summed E-state index contributed by atoms with van der Waals surface area (Å²) in [6.07, 6.45) is -3.79. The number of halogens is 3. The second-order valence-corrected chi connectivity index (χ2v) is 3.05. The molecule has 66 valence electrons. The second-order valence-electron chi connectivity index (χ2n) is 3.05. The molecule has 0 heterocycles. The van der Waals surface area contributed by atoms with Crippen LogP contribution in [0.25, 0.3) is 0 Å². The average Bonchev–Trinajstić information content (AvgIpc) is 1.86. The van der Waals surface area contributed by atoms with Crippen LogP contribution in [0.5, 0.6) is 0 Å². The Bertz CT molecular complexity index is 124. The summed E-state index contributed by atoms with van der Waals surface area (Å²) in [5.74, 6) is -1.18. The molecule has 1 aliphatic rings. The Morgan fingerprint density at radius 3 is 1.82 bits per heavy atom. The minimum atomic E-state index is -4.06.